The van der Waals surface area contributed by atoms with Gasteiger partial charge >= 0.3 is 0 Å². The minimum atomic E-state index is -0.532. The maximum atomic E-state index is 10.4. The summed E-state index contributed by atoms with van der Waals surface area (Å²) >= 11 is 0. The smallest absolute Gasteiger partial charge is 0.161 e. The molecule has 7 heteroatoms. The van der Waals surface area contributed by atoms with Crippen molar-refractivity contribution in [3.05, 3.63) is 41.8 Å². The van der Waals surface area contributed by atoms with Gasteiger partial charge in [0.1, 0.15) is 19.0 Å². The minimum Gasteiger partial charge on any atom is -0.493 e. The molecule has 0 bridgehead atoms. The average molecular weight is 418 g/mol. The number of hydrogen-bond acceptors (Lipinski definition) is 7. The maximum Gasteiger partial charge on any atom is 0.161 e. The van der Waals surface area contributed by atoms with Gasteiger partial charge in [-0.1, -0.05) is 30.5 Å². The van der Waals surface area contributed by atoms with Crippen LogP contribution in [0, 0.1) is 0 Å². The number of nitrogens with zero attached hydrogens (tertiary/aromatic N) is 3. The second-order valence-corrected chi connectivity index (χ2v) is 8.34. The average Bonchev–Trinajstić information content (AvgIpc) is 3.26. The molecule has 1 fully saturated rings. The van der Waals surface area contributed by atoms with Crippen LogP contribution >= 0.6 is 0 Å². The van der Waals surface area contributed by atoms with E-state index in [4.69, 9.17) is 14.0 Å². The molecule has 2 aromatic rings. The Hall–Kier alpha value is -2.09. The van der Waals surface area contributed by atoms with E-state index >= 15 is 0 Å². The first-order chi connectivity index (χ1) is 14.5. The monoisotopic (exact) mass is 417 g/mol. The lowest BCUT2D eigenvalue weighted by Crippen LogP contribution is -2.40. The Kier molecular flexibility index (Phi) is 8.54. The number of benzene rings is 1. The molecule has 30 heavy (non-hydrogen) atoms. The van der Waals surface area contributed by atoms with E-state index in [9.17, 15) is 5.11 Å². The van der Waals surface area contributed by atoms with Crippen molar-refractivity contribution in [1.82, 2.24) is 15.0 Å². The van der Waals surface area contributed by atoms with Crippen LogP contribution in [0.3, 0.4) is 0 Å². The molecule has 1 aromatic heterocycles. The van der Waals surface area contributed by atoms with E-state index in [1.165, 1.54) is 32.1 Å². The highest BCUT2D eigenvalue weighted by molar-refractivity contribution is 5.43. The van der Waals surface area contributed by atoms with Crippen LogP contribution in [0.5, 0.6) is 11.5 Å². The van der Waals surface area contributed by atoms with E-state index in [0.29, 0.717) is 30.6 Å². The molecule has 7 nitrogen and oxygen atoms in total. The first kappa shape index (κ1) is 22.6. The zero-order valence-electron chi connectivity index (χ0n) is 18.4. The third kappa shape index (κ3) is 6.72. The lowest BCUT2D eigenvalue weighted by molar-refractivity contribution is 0.0553. The van der Waals surface area contributed by atoms with Crippen LogP contribution in [-0.2, 0) is 13.1 Å². The van der Waals surface area contributed by atoms with Gasteiger partial charge in [-0.25, -0.2) is 0 Å². The van der Waals surface area contributed by atoms with E-state index in [2.05, 4.69) is 22.0 Å². The highest BCUT2D eigenvalue weighted by atomic mass is 16.5. The van der Waals surface area contributed by atoms with Gasteiger partial charge in [-0.15, -0.1) is 0 Å². The van der Waals surface area contributed by atoms with Crippen molar-refractivity contribution in [3.63, 3.8) is 0 Å². The van der Waals surface area contributed by atoms with Crippen molar-refractivity contribution in [1.29, 1.82) is 0 Å². The summed E-state index contributed by atoms with van der Waals surface area (Å²) in [7, 11) is 5.77. The van der Waals surface area contributed by atoms with Gasteiger partial charge in [0.05, 0.1) is 12.8 Å². The minimum absolute atomic E-state index is 0.249. The van der Waals surface area contributed by atoms with Gasteiger partial charge in [-0.3, -0.25) is 4.90 Å². The Morgan fingerprint density at radius 3 is 2.63 bits per heavy atom. The molecule has 1 heterocycles. The number of aliphatic hydroxyl groups is 1. The van der Waals surface area contributed by atoms with E-state index in [1.807, 2.05) is 31.3 Å². The van der Waals surface area contributed by atoms with Crippen molar-refractivity contribution in [3.8, 4) is 11.5 Å². The summed E-state index contributed by atoms with van der Waals surface area (Å²) in [5.41, 5.74) is 2.01. The molecule has 166 valence electrons. The van der Waals surface area contributed by atoms with Crippen molar-refractivity contribution in [2.24, 2.45) is 0 Å². The molecule has 0 saturated heterocycles. The predicted octanol–water partition coefficient (Wildman–Crippen LogP) is 3.32. The Labute approximate surface area is 179 Å². The highest BCUT2D eigenvalue weighted by Crippen LogP contribution is 2.29. The fourth-order valence-corrected chi connectivity index (χ4v) is 4.13. The van der Waals surface area contributed by atoms with Crippen LogP contribution in [0.15, 0.2) is 35.1 Å². The largest absolute Gasteiger partial charge is 0.493 e. The SMILES string of the molecule is COc1cc(CN(C)Cc2ccon2)ccc1OCC(O)CN(C)C1CCCCC1. The summed E-state index contributed by atoms with van der Waals surface area (Å²) in [5, 5.41) is 14.4. The normalized spacial score (nSPS) is 16.2. The molecule has 1 aliphatic rings. The topological polar surface area (TPSA) is 71.2 Å². The number of ether oxygens (including phenoxy) is 2. The van der Waals surface area contributed by atoms with Crippen LogP contribution < -0.4 is 9.47 Å². The fourth-order valence-electron chi connectivity index (χ4n) is 4.13. The second-order valence-electron chi connectivity index (χ2n) is 8.34. The molecular weight excluding hydrogens is 382 g/mol. The van der Waals surface area contributed by atoms with Gasteiger partial charge in [-0.05, 0) is 44.6 Å². The Morgan fingerprint density at radius 1 is 1.13 bits per heavy atom. The lowest BCUT2D eigenvalue weighted by atomic mass is 9.94. The molecule has 0 aliphatic heterocycles. The maximum absolute atomic E-state index is 10.4. The third-order valence-corrected chi connectivity index (χ3v) is 5.73. The van der Waals surface area contributed by atoms with Gasteiger partial charge in [0.2, 0.25) is 0 Å². The van der Waals surface area contributed by atoms with E-state index in [-0.39, 0.29) is 6.61 Å². The molecule has 1 unspecified atom stereocenters. The van der Waals surface area contributed by atoms with Gasteiger partial charge in [-0.2, -0.15) is 0 Å². The van der Waals surface area contributed by atoms with Crippen molar-refractivity contribution in [2.75, 3.05) is 34.4 Å². The third-order valence-electron chi connectivity index (χ3n) is 5.73. The zero-order valence-corrected chi connectivity index (χ0v) is 18.4. The Balaban J connectivity index is 1.49. The number of likely N-dealkylation sites (N-methyl/N-ethyl adjacent to an activating group) is 1. The van der Waals surface area contributed by atoms with Gasteiger partial charge in [0.25, 0.3) is 0 Å². The first-order valence-electron chi connectivity index (χ1n) is 10.8. The highest BCUT2D eigenvalue weighted by Gasteiger charge is 2.20. The van der Waals surface area contributed by atoms with Crippen LogP contribution in [0.2, 0.25) is 0 Å². The summed E-state index contributed by atoms with van der Waals surface area (Å²) in [6.45, 7) is 2.33. The summed E-state index contributed by atoms with van der Waals surface area (Å²) in [5.74, 6) is 1.33. The van der Waals surface area contributed by atoms with Crippen molar-refractivity contribution < 1.29 is 19.1 Å². The molecule has 0 amide bonds. The van der Waals surface area contributed by atoms with Crippen LogP contribution in [-0.4, -0.2) is 66.6 Å². The molecule has 3 rings (SSSR count). The molecular formula is C23H35N3O4. The summed E-state index contributed by atoms with van der Waals surface area (Å²) in [4.78, 5) is 4.43. The molecule has 1 aliphatic carbocycles. The van der Waals surface area contributed by atoms with Crippen LogP contribution in [0.25, 0.3) is 0 Å². The number of aliphatic hydroxyl groups excluding tert-OH is 1. The molecule has 0 spiro atoms. The number of aromatic nitrogens is 1. The van der Waals surface area contributed by atoms with Crippen LogP contribution in [0.1, 0.15) is 43.4 Å². The quantitative estimate of drug-likeness (QED) is 0.601. The molecule has 0 radical (unpaired) electrons. The molecule has 1 N–H and O–H groups in total. The number of hydrogen-bond donors (Lipinski definition) is 1. The standard InChI is InChI=1S/C23H35N3O4/c1-25(15-19-11-12-30-24-19)14-18-9-10-22(23(13-18)28-3)29-17-21(27)16-26(2)20-7-5-4-6-8-20/h9-13,20-21,27H,4-8,14-17H2,1-3H3. The second kappa shape index (κ2) is 11.3. The van der Waals surface area contributed by atoms with E-state index < -0.39 is 6.10 Å². The van der Waals surface area contributed by atoms with Gasteiger partial charge < -0.3 is 24.0 Å². The molecule has 1 aromatic carbocycles. The first-order valence-corrected chi connectivity index (χ1v) is 10.8. The molecule has 1 atom stereocenters. The van der Waals surface area contributed by atoms with Gasteiger partial charge in [0, 0.05) is 31.7 Å². The lowest BCUT2D eigenvalue weighted by Gasteiger charge is -2.32. The van der Waals surface area contributed by atoms with Crippen molar-refractivity contribution >= 4 is 0 Å². The van der Waals surface area contributed by atoms with E-state index in [0.717, 1.165) is 17.8 Å². The number of methoxy groups -OCH3 is 1. The van der Waals surface area contributed by atoms with Crippen molar-refractivity contribution in [2.45, 2.75) is 57.3 Å². The zero-order chi connectivity index (χ0) is 21.3. The van der Waals surface area contributed by atoms with Gasteiger partial charge in [0.15, 0.2) is 11.5 Å². The molecule has 1 saturated carbocycles. The fraction of sp³-hybridized carbons (Fsp3) is 0.609. The number of rotatable bonds is 11. The predicted molar refractivity (Wildman–Crippen MR) is 116 cm³/mol. The Morgan fingerprint density at radius 2 is 1.93 bits per heavy atom. The summed E-state index contributed by atoms with van der Waals surface area (Å²) < 4.78 is 16.3. The van der Waals surface area contributed by atoms with E-state index in [1.54, 1.807) is 13.4 Å². The summed E-state index contributed by atoms with van der Waals surface area (Å²) in [6.07, 6.45) is 7.42. The van der Waals surface area contributed by atoms with Crippen LogP contribution in [0.4, 0.5) is 0 Å². The summed E-state index contributed by atoms with van der Waals surface area (Å²) in [6, 6.07) is 8.37. The Bertz CT molecular complexity index is 747.